The van der Waals surface area contributed by atoms with Crippen molar-refractivity contribution in [2.45, 2.75) is 19.9 Å². The summed E-state index contributed by atoms with van der Waals surface area (Å²) in [7, 11) is 0. The van der Waals surface area contributed by atoms with Gasteiger partial charge in [-0.2, -0.15) is 0 Å². The molecule has 0 radical (unpaired) electrons. The van der Waals surface area contributed by atoms with Crippen molar-refractivity contribution in [1.82, 2.24) is 4.90 Å². The van der Waals surface area contributed by atoms with E-state index < -0.39 is 0 Å². The molecule has 2 rings (SSSR count). The van der Waals surface area contributed by atoms with Crippen molar-refractivity contribution in [3.63, 3.8) is 0 Å². The molecule has 0 fully saturated rings. The number of alkyl halides is 1. The van der Waals surface area contributed by atoms with Gasteiger partial charge in [0.05, 0.1) is 0 Å². The minimum absolute atomic E-state index is 0.0329. The highest BCUT2D eigenvalue weighted by Gasteiger charge is 2.20. The fraction of sp³-hybridized carbons (Fsp3) is 0.417. The summed E-state index contributed by atoms with van der Waals surface area (Å²) in [6, 6.07) is 6.31. The van der Waals surface area contributed by atoms with E-state index in [9.17, 15) is 4.79 Å². The normalized spacial score (nSPS) is 14.9. The van der Waals surface area contributed by atoms with Crippen LogP contribution in [0, 0.1) is 6.92 Å². The molecule has 80 valence electrons. The zero-order valence-electron chi connectivity index (χ0n) is 8.79. The average Bonchev–Trinajstić information content (AvgIpc) is 2.28. The predicted octanol–water partition coefficient (Wildman–Crippen LogP) is 2.12. The van der Waals surface area contributed by atoms with E-state index in [1.807, 2.05) is 4.90 Å². The molecule has 0 saturated carbocycles. The molecule has 1 aliphatic heterocycles. The molecule has 1 aromatic carbocycles. The number of hydrogen-bond donors (Lipinski definition) is 0. The lowest BCUT2D eigenvalue weighted by Crippen LogP contribution is -2.37. The second kappa shape index (κ2) is 4.23. The standard InChI is InChI=1S/C12H14ClNO/c1-9-3-2-4-10-5-6-14(8-11(9)10)12(15)7-13/h2-4H,5-8H2,1H3. The van der Waals surface area contributed by atoms with Crippen LogP contribution in [0.1, 0.15) is 16.7 Å². The topological polar surface area (TPSA) is 20.3 Å². The molecule has 0 bridgehead atoms. The van der Waals surface area contributed by atoms with E-state index in [1.165, 1.54) is 16.7 Å². The molecule has 1 aromatic rings. The van der Waals surface area contributed by atoms with E-state index in [2.05, 4.69) is 25.1 Å². The molecule has 3 heteroatoms. The lowest BCUT2D eigenvalue weighted by atomic mass is 9.96. The number of aryl methyl sites for hydroxylation is 1. The van der Waals surface area contributed by atoms with Gasteiger partial charge in [0.25, 0.3) is 0 Å². The smallest absolute Gasteiger partial charge is 0.237 e. The molecule has 1 amide bonds. The molecule has 0 aromatic heterocycles. The van der Waals surface area contributed by atoms with Crippen LogP contribution in [0.3, 0.4) is 0 Å². The summed E-state index contributed by atoms with van der Waals surface area (Å²) < 4.78 is 0. The Bertz CT molecular complexity index is 389. The van der Waals surface area contributed by atoms with Crippen LogP contribution < -0.4 is 0 Å². The summed E-state index contributed by atoms with van der Waals surface area (Å²) in [5.41, 5.74) is 3.93. The Hall–Kier alpha value is -1.02. The highest BCUT2D eigenvalue weighted by molar-refractivity contribution is 6.27. The number of rotatable bonds is 1. The Labute approximate surface area is 94.8 Å². The molecule has 0 spiro atoms. The first kappa shape index (κ1) is 10.5. The Balaban J connectivity index is 2.26. The SMILES string of the molecule is Cc1cccc2c1CN(C(=O)CCl)CC2. The zero-order chi connectivity index (χ0) is 10.8. The van der Waals surface area contributed by atoms with Crippen molar-refractivity contribution >= 4 is 17.5 Å². The third-order valence-electron chi connectivity index (χ3n) is 2.97. The molecule has 0 unspecified atom stereocenters. The number of halogens is 1. The van der Waals surface area contributed by atoms with Crippen LogP contribution >= 0.6 is 11.6 Å². The zero-order valence-corrected chi connectivity index (χ0v) is 9.55. The summed E-state index contributed by atoms with van der Waals surface area (Å²) in [4.78, 5) is 13.3. The first-order chi connectivity index (χ1) is 7.22. The number of nitrogens with zero attached hydrogens (tertiary/aromatic N) is 1. The van der Waals surface area contributed by atoms with E-state index in [0.29, 0.717) is 6.54 Å². The molecule has 1 aliphatic rings. The van der Waals surface area contributed by atoms with E-state index >= 15 is 0 Å². The molecule has 0 N–H and O–H groups in total. The van der Waals surface area contributed by atoms with Crippen LogP contribution in [0.2, 0.25) is 0 Å². The minimum Gasteiger partial charge on any atom is -0.337 e. The molecular formula is C12H14ClNO. The number of carbonyl (C=O) groups is 1. The third-order valence-corrected chi connectivity index (χ3v) is 3.20. The average molecular weight is 224 g/mol. The van der Waals surface area contributed by atoms with Crippen LogP contribution in [0.15, 0.2) is 18.2 Å². The second-order valence-corrected chi connectivity index (χ2v) is 4.18. The molecule has 0 atom stereocenters. The summed E-state index contributed by atoms with van der Waals surface area (Å²) in [5.74, 6) is 0.117. The van der Waals surface area contributed by atoms with Gasteiger partial charge in [0.15, 0.2) is 0 Å². The summed E-state index contributed by atoms with van der Waals surface area (Å²) in [5, 5.41) is 0. The second-order valence-electron chi connectivity index (χ2n) is 3.91. The van der Waals surface area contributed by atoms with Gasteiger partial charge in [-0.15, -0.1) is 11.6 Å². The quantitative estimate of drug-likeness (QED) is 0.668. The molecular weight excluding hydrogens is 210 g/mol. The summed E-state index contributed by atoms with van der Waals surface area (Å²) >= 11 is 5.56. The first-order valence-corrected chi connectivity index (χ1v) is 5.67. The van der Waals surface area contributed by atoms with Gasteiger partial charge in [-0.05, 0) is 30.0 Å². The van der Waals surface area contributed by atoms with Crippen LogP contribution in [0.25, 0.3) is 0 Å². The van der Waals surface area contributed by atoms with Crippen LogP contribution in [0.4, 0.5) is 0 Å². The number of carbonyl (C=O) groups excluding carboxylic acids is 1. The molecule has 2 nitrogen and oxygen atoms in total. The van der Waals surface area contributed by atoms with E-state index in [0.717, 1.165) is 13.0 Å². The Kier molecular flexibility index (Phi) is 2.96. The van der Waals surface area contributed by atoms with Gasteiger partial charge >= 0.3 is 0 Å². The first-order valence-electron chi connectivity index (χ1n) is 5.13. The Morgan fingerprint density at radius 1 is 1.53 bits per heavy atom. The summed E-state index contributed by atoms with van der Waals surface area (Å²) in [6.45, 7) is 3.60. The Morgan fingerprint density at radius 3 is 3.07 bits per heavy atom. The molecule has 15 heavy (non-hydrogen) atoms. The third kappa shape index (κ3) is 2.00. The van der Waals surface area contributed by atoms with Crippen molar-refractivity contribution in [3.8, 4) is 0 Å². The monoisotopic (exact) mass is 223 g/mol. The molecule has 1 heterocycles. The van der Waals surface area contributed by atoms with Crippen molar-refractivity contribution < 1.29 is 4.79 Å². The fourth-order valence-corrected chi connectivity index (χ4v) is 2.22. The fourth-order valence-electron chi connectivity index (χ4n) is 2.05. The lowest BCUT2D eigenvalue weighted by molar-refractivity contribution is -0.129. The van der Waals surface area contributed by atoms with E-state index in [-0.39, 0.29) is 11.8 Å². The van der Waals surface area contributed by atoms with Gasteiger partial charge in [0, 0.05) is 13.1 Å². The van der Waals surface area contributed by atoms with Crippen molar-refractivity contribution in [3.05, 3.63) is 34.9 Å². The highest BCUT2D eigenvalue weighted by atomic mass is 35.5. The van der Waals surface area contributed by atoms with E-state index in [4.69, 9.17) is 11.6 Å². The van der Waals surface area contributed by atoms with Crippen molar-refractivity contribution in [2.75, 3.05) is 12.4 Å². The maximum atomic E-state index is 11.5. The van der Waals surface area contributed by atoms with Gasteiger partial charge < -0.3 is 4.90 Å². The van der Waals surface area contributed by atoms with E-state index in [1.54, 1.807) is 0 Å². The van der Waals surface area contributed by atoms with Crippen LogP contribution in [0.5, 0.6) is 0 Å². The highest BCUT2D eigenvalue weighted by Crippen LogP contribution is 2.22. The maximum absolute atomic E-state index is 11.5. The minimum atomic E-state index is 0.0329. The number of benzene rings is 1. The molecule has 0 aliphatic carbocycles. The summed E-state index contributed by atoms with van der Waals surface area (Å²) in [6.07, 6.45) is 0.944. The van der Waals surface area contributed by atoms with Crippen molar-refractivity contribution in [1.29, 1.82) is 0 Å². The van der Waals surface area contributed by atoms with Gasteiger partial charge in [-0.3, -0.25) is 4.79 Å². The van der Waals surface area contributed by atoms with Crippen LogP contribution in [-0.4, -0.2) is 23.2 Å². The Morgan fingerprint density at radius 2 is 2.33 bits per heavy atom. The largest absolute Gasteiger partial charge is 0.337 e. The van der Waals surface area contributed by atoms with Gasteiger partial charge in [-0.1, -0.05) is 18.2 Å². The maximum Gasteiger partial charge on any atom is 0.237 e. The van der Waals surface area contributed by atoms with Gasteiger partial charge in [0.1, 0.15) is 5.88 Å². The number of amides is 1. The van der Waals surface area contributed by atoms with Crippen LogP contribution in [-0.2, 0) is 17.8 Å². The predicted molar refractivity (Wildman–Crippen MR) is 61.0 cm³/mol. The van der Waals surface area contributed by atoms with Gasteiger partial charge in [0.2, 0.25) is 5.91 Å². The lowest BCUT2D eigenvalue weighted by Gasteiger charge is -2.29. The number of fused-ring (bicyclic) bond motifs is 1. The van der Waals surface area contributed by atoms with Crippen molar-refractivity contribution in [2.24, 2.45) is 0 Å². The van der Waals surface area contributed by atoms with Gasteiger partial charge in [-0.25, -0.2) is 0 Å². The number of hydrogen-bond acceptors (Lipinski definition) is 1. The molecule has 0 saturated heterocycles.